The van der Waals surface area contributed by atoms with Crippen LogP contribution in [0.15, 0.2) is 58.6 Å². The number of halogens is 3. The van der Waals surface area contributed by atoms with Crippen molar-refractivity contribution < 1.29 is 22.7 Å². The lowest BCUT2D eigenvalue weighted by atomic mass is 10.2. The van der Waals surface area contributed by atoms with E-state index in [1.807, 2.05) is 4.57 Å². The maximum absolute atomic E-state index is 13.4. The third-order valence-electron chi connectivity index (χ3n) is 4.94. The van der Waals surface area contributed by atoms with Crippen LogP contribution in [0.25, 0.3) is 11.4 Å². The fourth-order valence-corrected chi connectivity index (χ4v) is 4.79. The van der Waals surface area contributed by atoms with Gasteiger partial charge in [-0.3, -0.25) is 9.36 Å². The van der Waals surface area contributed by atoms with Gasteiger partial charge in [0.15, 0.2) is 11.0 Å². The van der Waals surface area contributed by atoms with Crippen LogP contribution in [-0.4, -0.2) is 44.9 Å². The number of carbonyl (C=O) groups excluding carboxylic acids is 1. The molecular formula is C22H21F3N4O2S2. The predicted molar refractivity (Wildman–Crippen MR) is 122 cm³/mol. The van der Waals surface area contributed by atoms with Gasteiger partial charge in [0.05, 0.1) is 24.1 Å². The molecule has 11 heteroatoms. The molecule has 33 heavy (non-hydrogen) atoms. The zero-order valence-electron chi connectivity index (χ0n) is 17.4. The summed E-state index contributed by atoms with van der Waals surface area (Å²) in [4.78, 5) is 12.8. The number of aromatic nitrogens is 3. The summed E-state index contributed by atoms with van der Waals surface area (Å²) in [6.45, 7) is 1.21. The minimum Gasteiger partial charge on any atom is -0.376 e. The molecule has 2 heterocycles. The second kappa shape index (κ2) is 11.1. The normalized spacial score (nSPS) is 15.8. The molecule has 1 atom stereocenters. The second-order valence-corrected chi connectivity index (χ2v) is 9.24. The Balaban J connectivity index is 1.48. The fourth-order valence-electron chi connectivity index (χ4n) is 3.45. The number of nitrogens with zero attached hydrogens (tertiary/aromatic N) is 3. The Labute approximate surface area is 197 Å². The van der Waals surface area contributed by atoms with E-state index in [1.54, 1.807) is 30.3 Å². The van der Waals surface area contributed by atoms with Crippen molar-refractivity contribution in [1.29, 1.82) is 0 Å². The molecule has 1 unspecified atom stereocenters. The third-order valence-corrected chi connectivity index (χ3v) is 6.69. The highest BCUT2D eigenvalue weighted by Crippen LogP contribution is 2.32. The summed E-state index contributed by atoms with van der Waals surface area (Å²) in [5, 5.41) is 11.7. The van der Waals surface area contributed by atoms with Crippen molar-refractivity contribution in [3.8, 4) is 11.4 Å². The van der Waals surface area contributed by atoms with Crippen molar-refractivity contribution in [3.05, 3.63) is 54.3 Å². The van der Waals surface area contributed by atoms with E-state index in [2.05, 4.69) is 15.5 Å². The molecule has 0 spiro atoms. The highest BCUT2D eigenvalue weighted by atomic mass is 32.2. The van der Waals surface area contributed by atoms with E-state index in [9.17, 15) is 18.0 Å². The first-order chi connectivity index (χ1) is 16.0. The van der Waals surface area contributed by atoms with Gasteiger partial charge < -0.3 is 10.1 Å². The quantitative estimate of drug-likeness (QED) is 0.407. The molecule has 1 aromatic heterocycles. The number of hydrogen-bond acceptors (Lipinski definition) is 6. The van der Waals surface area contributed by atoms with E-state index in [4.69, 9.17) is 4.74 Å². The summed E-state index contributed by atoms with van der Waals surface area (Å²) in [7, 11) is 0. The van der Waals surface area contributed by atoms with E-state index in [0.717, 1.165) is 12.8 Å². The lowest BCUT2D eigenvalue weighted by Crippen LogP contribution is -2.18. The third kappa shape index (κ3) is 6.30. The van der Waals surface area contributed by atoms with Gasteiger partial charge >= 0.3 is 0 Å². The first-order valence-electron chi connectivity index (χ1n) is 10.3. The number of nitrogens with one attached hydrogen (secondary N) is 1. The Bertz CT molecular complexity index is 1090. The molecule has 0 saturated carbocycles. The maximum atomic E-state index is 13.4. The highest BCUT2D eigenvalue weighted by Gasteiger charge is 2.22. The SMILES string of the molecule is O=C(CSc1nnc(-c2ccc(F)cc2)n1CC1CCCO1)Nc1ccccc1SC(F)F. The Morgan fingerprint density at radius 1 is 1.18 bits per heavy atom. The molecule has 0 bridgehead atoms. The smallest absolute Gasteiger partial charge is 0.288 e. The van der Waals surface area contributed by atoms with Crippen molar-refractivity contribution >= 4 is 35.1 Å². The number of alkyl halides is 2. The van der Waals surface area contributed by atoms with Crippen LogP contribution in [0.2, 0.25) is 0 Å². The topological polar surface area (TPSA) is 69.0 Å². The molecule has 1 aliphatic rings. The summed E-state index contributed by atoms with van der Waals surface area (Å²) in [5.74, 6) is -2.70. The number of hydrogen-bond donors (Lipinski definition) is 1. The molecule has 1 fully saturated rings. The predicted octanol–water partition coefficient (Wildman–Crippen LogP) is 5.31. The largest absolute Gasteiger partial charge is 0.376 e. The highest BCUT2D eigenvalue weighted by molar-refractivity contribution is 8.00. The lowest BCUT2D eigenvalue weighted by Gasteiger charge is -2.15. The first-order valence-corrected chi connectivity index (χ1v) is 12.1. The van der Waals surface area contributed by atoms with Crippen LogP contribution in [0.4, 0.5) is 18.9 Å². The molecule has 6 nitrogen and oxygen atoms in total. The van der Waals surface area contributed by atoms with Crippen LogP contribution in [-0.2, 0) is 16.1 Å². The summed E-state index contributed by atoms with van der Waals surface area (Å²) in [6, 6.07) is 12.4. The second-order valence-electron chi connectivity index (χ2n) is 7.27. The number of carbonyl (C=O) groups is 1. The Morgan fingerprint density at radius 2 is 1.97 bits per heavy atom. The summed E-state index contributed by atoms with van der Waals surface area (Å²) in [6.07, 6.45) is 1.88. The standard InChI is InChI=1S/C22H21F3N4O2S2/c23-15-9-7-14(8-10-15)20-27-28-22(29(20)12-16-4-3-11-31-16)32-13-19(30)26-17-5-1-2-6-18(17)33-21(24)25/h1-2,5-10,16,21H,3-4,11-13H2,(H,26,30). The van der Waals surface area contributed by atoms with Crippen LogP contribution in [0.5, 0.6) is 0 Å². The van der Waals surface area contributed by atoms with Gasteiger partial charge in [-0.25, -0.2) is 4.39 Å². The van der Waals surface area contributed by atoms with Gasteiger partial charge in [0.25, 0.3) is 5.76 Å². The van der Waals surface area contributed by atoms with Crippen molar-refractivity contribution in [2.45, 2.75) is 41.3 Å². The van der Waals surface area contributed by atoms with Crippen molar-refractivity contribution in [3.63, 3.8) is 0 Å². The van der Waals surface area contributed by atoms with Crippen LogP contribution in [0.3, 0.4) is 0 Å². The van der Waals surface area contributed by atoms with Crippen LogP contribution in [0, 0.1) is 5.82 Å². The van der Waals surface area contributed by atoms with Crippen LogP contribution >= 0.6 is 23.5 Å². The van der Waals surface area contributed by atoms with Gasteiger partial charge in [0.2, 0.25) is 5.91 Å². The zero-order valence-corrected chi connectivity index (χ0v) is 19.1. The molecule has 1 amide bonds. The number of ether oxygens (including phenoxy) is 1. The number of thioether (sulfide) groups is 2. The van der Waals surface area contributed by atoms with Crippen molar-refractivity contribution in [2.24, 2.45) is 0 Å². The van der Waals surface area contributed by atoms with Gasteiger partial charge in [-0.15, -0.1) is 10.2 Å². The van der Waals surface area contributed by atoms with Crippen LogP contribution in [0.1, 0.15) is 12.8 Å². The fraction of sp³-hybridized carbons (Fsp3) is 0.318. The van der Waals surface area contributed by atoms with E-state index in [0.29, 0.717) is 52.0 Å². The first kappa shape index (κ1) is 23.7. The van der Waals surface area contributed by atoms with Crippen LogP contribution < -0.4 is 5.32 Å². The molecular weight excluding hydrogens is 473 g/mol. The van der Waals surface area contributed by atoms with Crippen molar-refractivity contribution in [1.82, 2.24) is 14.8 Å². The van der Waals surface area contributed by atoms with E-state index >= 15 is 0 Å². The molecule has 1 aliphatic heterocycles. The molecule has 0 radical (unpaired) electrons. The minimum absolute atomic E-state index is 0.00613. The molecule has 2 aromatic carbocycles. The average molecular weight is 495 g/mol. The van der Waals surface area contributed by atoms with Crippen molar-refractivity contribution in [2.75, 3.05) is 17.7 Å². The van der Waals surface area contributed by atoms with Gasteiger partial charge in [-0.2, -0.15) is 8.78 Å². The zero-order chi connectivity index (χ0) is 23.2. The summed E-state index contributed by atoms with van der Waals surface area (Å²) < 4.78 is 46.6. The number of rotatable bonds is 9. The molecule has 3 aromatic rings. The lowest BCUT2D eigenvalue weighted by molar-refractivity contribution is -0.113. The minimum atomic E-state index is -2.58. The number of para-hydroxylation sites is 1. The Hall–Kier alpha value is -2.50. The summed E-state index contributed by atoms with van der Waals surface area (Å²) >= 11 is 1.57. The maximum Gasteiger partial charge on any atom is 0.288 e. The molecule has 4 rings (SSSR count). The van der Waals surface area contributed by atoms with Gasteiger partial charge in [0, 0.05) is 17.1 Å². The van der Waals surface area contributed by atoms with E-state index in [-0.39, 0.29) is 23.6 Å². The van der Waals surface area contributed by atoms with Gasteiger partial charge in [-0.05, 0) is 49.2 Å². The number of benzene rings is 2. The molecule has 174 valence electrons. The molecule has 0 aliphatic carbocycles. The molecule has 1 N–H and O–H groups in total. The monoisotopic (exact) mass is 494 g/mol. The van der Waals surface area contributed by atoms with Gasteiger partial charge in [-0.1, -0.05) is 35.7 Å². The number of anilines is 1. The van der Waals surface area contributed by atoms with Gasteiger partial charge in [0.1, 0.15) is 5.82 Å². The summed E-state index contributed by atoms with van der Waals surface area (Å²) in [5.41, 5.74) is 1.04. The Kier molecular flexibility index (Phi) is 7.94. The van der Waals surface area contributed by atoms with E-state index < -0.39 is 5.76 Å². The average Bonchev–Trinajstić information content (AvgIpc) is 3.44. The van der Waals surface area contributed by atoms with E-state index in [1.165, 1.54) is 30.0 Å². The number of amides is 1. The molecule has 1 saturated heterocycles. The Morgan fingerprint density at radius 3 is 2.70 bits per heavy atom.